The minimum absolute atomic E-state index is 0.0329. The Morgan fingerprint density at radius 3 is 2.76 bits per heavy atom. The molecule has 1 aliphatic rings. The van der Waals surface area contributed by atoms with Crippen LogP contribution >= 0.6 is 11.6 Å². The number of carbonyl (C=O) groups is 1. The van der Waals surface area contributed by atoms with Gasteiger partial charge in [-0.05, 0) is 42.7 Å². The summed E-state index contributed by atoms with van der Waals surface area (Å²) < 4.78 is 13.3. The lowest BCUT2D eigenvalue weighted by molar-refractivity contribution is 0.0735. The van der Waals surface area contributed by atoms with Crippen LogP contribution in [0.25, 0.3) is 0 Å². The molecule has 0 N–H and O–H groups in total. The lowest BCUT2D eigenvalue weighted by atomic mass is 10.0. The summed E-state index contributed by atoms with van der Waals surface area (Å²) in [5, 5.41) is 0.668. The Hall–Kier alpha value is -1.87. The van der Waals surface area contributed by atoms with Crippen molar-refractivity contribution in [3.63, 3.8) is 0 Å². The van der Waals surface area contributed by atoms with Gasteiger partial charge in [0.2, 0.25) is 0 Å². The molecule has 0 bridgehead atoms. The standard InChI is InChI=1S/C17H15ClFNO/c18-15-8-2-1-7-14(15)16-9-4-10-20(16)17(21)12-5-3-6-13(19)11-12/h1-3,5-8,11,16H,4,9-10H2. The average Bonchev–Trinajstić information content (AvgIpc) is 2.96. The average molecular weight is 304 g/mol. The van der Waals surface area contributed by atoms with Crippen LogP contribution in [0.2, 0.25) is 5.02 Å². The number of hydrogen-bond donors (Lipinski definition) is 0. The Labute approximate surface area is 128 Å². The third-order valence-electron chi connectivity index (χ3n) is 3.85. The number of hydrogen-bond acceptors (Lipinski definition) is 1. The topological polar surface area (TPSA) is 20.3 Å². The molecule has 0 saturated carbocycles. The fourth-order valence-corrected chi connectivity index (χ4v) is 3.13. The summed E-state index contributed by atoms with van der Waals surface area (Å²) in [6.07, 6.45) is 1.81. The lowest BCUT2D eigenvalue weighted by Gasteiger charge is -2.26. The molecule has 0 radical (unpaired) electrons. The molecule has 21 heavy (non-hydrogen) atoms. The second kappa shape index (κ2) is 5.86. The van der Waals surface area contributed by atoms with Crippen molar-refractivity contribution >= 4 is 17.5 Å². The fourth-order valence-electron chi connectivity index (χ4n) is 2.87. The number of rotatable bonds is 2. The van der Waals surface area contributed by atoms with E-state index in [2.05, 4.69) is 0 Å². The second-order valence-electron chi connectivity index (χ2n) is 5.19. The van der Waals surface area contributed by atoms with E-state index in [1.54, 1.807) is 17.0 Å². The zero-order chi connectivity index (χ0) is 14.8. The monoisotopic (exact) mass is 303 g/mol. The summed E-state index contributed by atoms with van der Waals surface area (Å²) in [5.41, 5.74) is 1.34. The SMILES string of the molecule is O=C(c1cccc(F)c1)N1CCCC1c1ccccc1Cl. The van der Waals surface area contributed by atoms with Crippen molar-refractivity contribution in [1.29, 1.82) is 0 Å². The van der Waals surface area contributed by atoms with Gasteiger partial charge in [-0.2, -0.15) is 0 Å². The number of likely N-dealkylation sites (tertiary alicyclic amines) is 1. The van der Waals surface area contributed by atoms with E-state index in [0.29, 0.717) is 17.1 Å². The van der Waals surface area contributed by atoms with Gasteiger partial charge in [0.25, 0.3) is 5.91 Å². The molecule has 1 amide bonds. The molecule has 1 heterocycles. The van der Waals surface area contributed by atoms with Crippen LogP contribution in [0.1, 0.15) is 34.8 Å². The van der Waals surface area contributed by atoms with Gasteiger partial charge in [-0.3, -0.25) is 4.79 Å². The van der Waals surface area contributed by atoms with Crippen LogP contribution in [0.15, 0.2) is 48.5 Å². The van der Waals surface area contributed by atoms with Gasteiger partial charge < -0.3 is 4.90 Å². The van der Waals surface area contributed by atoms with Crippen LogP contribution in [0.3, 0.4) is 0 Å². The van der Waals surface area contributed by atoms with E-state index in [9.17, 15) is 9.18 Å². The molecule has 0 aliphatic carbocycles. The predicted octanol–water partition coefficient (Wildman–Crippen LogP) is 4.46. The molecule has 1 aliphatic heterocycles. The molecular formula is C17H15ClFNO. The Bertz CT molecular complexity index is 673. The first kappa shape index (κ1) is 14.1. The van der Waals surface area contributed by atoms with Crippen molar-refractivity contribution in [2.24, 2.45) is 0 Å². The van der Waals surface area contributed by atoms with Gasteiger partial charge in [0.05, 0.1) is 6.04 Å². The maximum atomic E-state index is 13.3. The maximum absolute atomic E-state index is 13.3. The van der Waals surface area contributed by atoms with Gasteiger partial charge in [0, 0.05) is 17.1 Å². The number of carbonyl (C=O) groups excluding carboxylic acids is 1. The van der Waals surface area contributed by atoms with Crippen LogP contribution in [-0.4, -0.2) is 17.4 Å². The van der Waals surface area contributed by atoms with Gasteiger partial charge in [-0.15, -0.1) is 0 Å². The first-order valence-corrected chi connectivity index (χ1v) is 7.35. The van der Waals surface area contributed by atoms with Crippen LogP contribution in [0.5, 0.6) is 0 Å². The van der Waals surface area contributed by atoms with Gasteiger partial charge in [-0.1, -0.05) is 35.9 Å². The highest BCUT2D eigenvalue weighted by atomic mass is 35.5. The smallest absolute Gasteiger partial charge is 0.254 e. The van der Waals surface area contributed by atoms with Crippen molar-refractivity contribution in [2.45, 2.75) is 18.9 Å². The van der Waals surface area contributed by atoms with Crippen molar-refractivity contribution in [2.75, 3.05) is 6.54 Å². The molecular weight excluding hydrogens is 289 g/mol. The first-order chi connectivity index (χ1) is 10.2. The summed E-state index contributed by atoms with van der Waals surface area (Å²) in [5.74, 6) is -0.536. The Kier molecular flexibility index (Phi) is 3.93. The molecule has 4 heteroatoms. The highest BCUT2D eigenvalue weighted by Crippen LogP contribution is 2.36. The molecule has 2 aromatic rings. The third kappa shape index (κ3) is 2.79. The summed E-state index contributed by atoms with van der Waals surface area (Å²) in [6, 6.07) is 13.4. The predicted molar refractivity (Wildman–Crippen MR) is 80.9 cm³/mol. The minimum atomic E-state index is -0.394. The first-order valence-electron chi connectivity index (χ1n) is 6.98. The number of amides is 1. The maximum Gasteiger partial charge on any atom is 0.254 e. The van der Waals surface area contributed by atoms with Gasteiger partial charge in [0.15, 0.2) is 0 Å². The molecule has 2 nitrogen and oxygen atoms in total. The molecule has 3 rings (SSSR count). The van der Waals surface area contributed by atoms with Gasteiger partial charge >= 0.3 is 0 Å². The highest BCUT2D eigenvalue weighted by Gasteiger charge is 2.31. The van der Waals surface area contributed by atoms with Crippen LogP contribution in [0, 0.1) is 5.82 Å². The van der Waals surface area contributed by atoms with Gasteiger partial charge in [0.1, 0.15) is 5.82 Å². The minimum Gasteiger partial charge on any atom is -0.332 e. The quantitative estimate of drug-likeness (QED) is 0.802. The number of halogens is 2. The van der Waals surface area contributed by atoms with E-state index in [1.807, 2.05) is 24.3 Å². The number of benzene rings is 2. The zero-order valence-electron chi connectivity index (χ0n) is 11.4. The van der Waals surface area contributed by atoms with Crippen LogP contribution < -0.4 is 0 Å². The highest BCUT2D eigenvalue weighted by molar-refractivity contribution is 6.31. The van der Waals surface area contributed by atoms with E-state index in [0.717, 1.165) is 18.4 Å². The lowest BCUT2D eigenvalue weighted by Crippen LogP contribution is -2.30. The molecule has 0 aromatic heterocycles. The van der Waals surface area contributed by atoms with Crippen molar-refractivity contribution in [3.8, 4) is 0 Å². The van der Waals surface area contributed by atoms with E-state index in [1.165, 1.54) is 12.1 Å². The largest absolute Gasteiger partial charge is 0.332 e. The van der Waals surface area contributed by atoms with Crippen LogP contribution in [-0.2, 0) is 0 Å². The molecule has 108 valence electrons. The molecule has 2 aromatic carbocycles. The van der Waals surface area contributed by atoms with E-state index < -0.39 is 5.82 Å². The Morgan fingerprint density at radius 2 is 2.00 bits per heavy atom. The van der Waals surface area contributed by atoms with Crippen molar-refractivity contribution in [1.82, 2.24) is 4.90 Å². The zero-order valence-corrected chi connectivity index (χ0v) is 12.2. The summed E-state index contributed by atoms with van der Waals surface area (Å²) >= 11 is 6.25. The van der Waals surface area contributed by atoms with E-state index in [-0.39, 0.29) is 11.9 Å². The van der Waals surface area contributed by atoms with Crippen LogP contribution in [0.4, 0.5) is 4.39 Å². The summed E-state index contributed by atoms with van der Waals surface area (Å²) in [6.45, 7) is 0.672. The molecule has 1 unspecified atom stereocenters. The third-order valence-corrected chi connectivity index (χ3v) is 4.19. The van der Waals surface area contributed by atoms with Crippen molar-refractivity contribution in [3.05, 3.63) is 70.5 Å². The molecule has 0 spiro atoms. The van der Waals surface area contributed by atoms with Crippen molar-refractivity contribution < 1.29 is 9.18 Å². The second-order valence-corrected chi connectivity index (χ2v) is 5.60. The Balaban J connectivity index is 1.91. The molecule has 1 atom stereocenters. The Morgan fingerprint density at radius 1 is 1.19 bits per heavy atom. The molecule has 1 fully saturated rings. The summed E-state index contributed by atoms with van der Waals surface area (Å²) in [7, 11) is 0. The van der Waals surface area contributed by atoms with Gasteiger partial charge in [-0.25, -0.2) is 4.39 Å². The normalized spacial score (nSPS) is 18.0. The van der Waals surface area contributed by atoms with E-state index >= 15 is 0 Å². The number of nitrogens with zero attached hydrogens (tertiary/aromatic N) is 1. The fraction of sp³-hybridized carbons (Fsp3) is 0.235. The molecule has 1 saturated heterocycles. The summed E-state index contributed by atoms with van der Waals surface area (Å²) in [4.78, 5) is 14.4. The van der Waals surface area contributed by atoms with E-state index in [4.69, 9.17) is 11.6 Å².